The van der Waals surface area contributed by atoms with E-state index in [1.165, 1.54) is 6.07 Å². The third kappa shape index (κ3) is 3.82. The summed E-state index contributed by atoms with van der Waals surface area (Å²) >= 11 is 0. The van der Waals surface area contributed by atoms with Crippen molar-refractivity contribution in [2.45, 2.75) is 37.1 Å². The van der Waals surface area contributed by atoms with E-state index in [2.05, 4.69) is 20.6 Å². The number of carbonyl (C=O) groups excluding carboxylic acids is 2. The molecule has 3 aromatic rings. The second-order valence-corrected chi connectivity index (χ2v) is 8.50. The van der Waals surface area contributed by atoms with Crippen molar-refractivity contribution < 1.29 is 32.2 Å². The van der Waals surface area contributed by atoms with Crippen LogP contribution in [0.4, 0.5) is 19.0 Å². The van der Waals surface area contributed by atoms with Crippen LogP contribution in [0.1, 0.15) is 39.6 Å². The summed E-state index contributed by atoms with van der Waals surface area (Å²) in [7, 11) is 0. The largest absolute Gasteiger partial charge is 0.487 e. The zero-order valence-electron chi connectivity index (χ0n) is 17.9. The summed E-state index contributed by atoms with van der Waals surface area (Å²) in [6.45, 7) is 0. The third-order valence-electron chi connectivity index (χ3n) is 6.23. The van der Waals surface area contributed by atoms with Crippen LogP contribution >= 0.6 is 0 Å². The molecule has 2 amide bonds. The molecule has 1 aromatic carbocycles. The smallest absolute Gasteiger partial charge is 0.433 e. The number of benzene rings is 1. The highest BCUT2D eigenvalue weighted by molar-refractivity contribution is 5.93. The molecule has 3 aliphatic rings. The molecule has 3 atom stereocenters. The van der Waals surface area contributed by atoms with Crippen LogP contribution in [0, 0.1) is 0 Å². The van der Waals surface area contributed by atoms with Gasteiger partial charge in [-0.1, -0.05) is 6.07 Å². The summed E-state index contributed by atoms with van der Waals surface area (Å²) in [6, 6.07) is 9.91. The Morgan fingerprint density at radius 1 is 1.17 bits per heavy atom. The number of hydrogen-bond acceptors (Lipinski definition) is 6. The van der Waals surface area contributed by atoms with Crippen molar-refractivity contribution in [3.63, 3.8) is 0 Å². The van der Waals surface area contributed by atoms with E-state index in [0.717, 1.165) is 23.3 Å². The van der Waals surface area contributed by atoms with Crippen molar-refractivity contribution in [1.29, 1.82) is 0 Å². The van der Waals surface area contributed by atoms with Gasteiger partial charge in [-0.3, -0.25) is 9.59 Å². The molecule has 8 nitrogen and oxygen atoms in total. The van der Waals surface area contributed by atoms with Crippen LogP contribution in [-0.4, -0.2) is 33.9 Å². The molecule has 35 heavy (non-hydrogen) atoms. The van der Waals surface area contributed by atoms with E-state index in [4.69, 9.17) is 9.47 Å². The summed E-state index contributed by atoms with van der Waals surface area (Å²) in [5.41, 5.74) is 0.219. The lowest BCUT2D eigenvalue weighted by Crippen LogP contribution is -2.31. The van der Waals surface area contributed by atoms with Gasteiger partial charge in [0.15, 0.2) is 0 Å². The fourth-order valence-corrected chi connectivity index (χ4v) is 4.50. The number of nitrogens with one attached hydrogen (secondary N) is 2. The number of halogens is 3. The fraction of sp³-hybridized carbons (Fsp3) is 0.250. The molecule has 0 bridgehead atoms. The van der Waals surface area contributed by atoms with Crippen molar-refractivity contribution in [2.75, 3.05) is 5.32 Å². The number of amides is 2. The second kappa shape index (κ2) is 7.69. The summed E-state index contributed by atoms with van der Waals surface area (Å²) in [5, 5.41) is 5.46. The first-order valence-corrected chi connectivity index (χ1v) is 10.9. The van der Waals surface area contributed by atoms with E-state index in [1.807, 2.05) is 6.07 Å². The molecule has 0 radical (unpaired) electrons. The minimum Gasteiger partial charge on any atom is -0.487 e. The first kappa shape index (κ1) is 21.4. The monoisotopic (exact) mass is 482 g/mol. The van der Waals surface area contributed by atoms with Crippen LogP contribution in [-0.2, 0) is 17.4 Å². The Hall–Kier alpha value is -4.15. The first-order chi connectivity index (χ1) is 16.8. The maximum Gasteiger partial charge on any atom is 0.433 e. The minimum atomic E-state index is -4.63. The zero-order valence-corrected chi connectivity index (χ0v) is 17.9. The Kier molecular flexibility index (Phi) is 4.70. The molecule has 4 heterocycles. The molecule has 2 aliphatic heterocycles. The lowest BCUT2D eigenvalue weighted by Gasteiger charge is -2.19. The molecular formula is C24H17F3N4O4. The molecule has 178 valence electrons. The molecule has 2 aromatic heterocycles. The van der Waals surface area contributed by atoms with Gasteiger partial charge in [0, 0.05) is 23.7 Å². The predicted molar refractivity (Wildman–Crippen MR) is 115 cm³/mol. The number of aromatic nitrogens is 2. The average molecular weight is 482 g/mol. The average Bonchev–Trinajstić information content (AvgIpc) is 3.35. The van der Waals surface area contributed by atoms with E-state index in [0.29, 0.717) is 35.9 Å². The van der Waals surface area contributed by atoms with Gasteiger partial charge in [0.05, 0.1) is 12.0 Å². The van der Waals surface area contributed by atoms with Crippen LogP contribution in [0.3, 0.4) is 0 Å². The van der Waals surface area contributed by atoms with E-state index < -0.39 is 17.8 Å². The van der Waals surface area contributed by atoms with Crippen molar-refractivity contribution in [3.8, 4) is 17.2 Å². The minimum absolute atomic E-state index is 0.0926. The Bertz CT molecular complexity index is 1380. The first-order valence-electron chi connectivity index (χ1n) is 10.9. The molecule has 0 unspecified atom stereocenters. The number of anilines is 1. The fourth-order valence-electron chi connectivity index (χ4n) is 4.50. The summed E-state index contributed by atoms with van der Waals surface area (Å²) < 4.78 is 50.7. The molecule has 1 fully saturated rings. The molecule has 1 saturated carbocycles. The van der Waals surface area contributed by atoms with E-state index in [1.54, 1.807) is 24.4 Å². The maximum absolute atomic E-state index is 12.9. The molecule has 2 N–H and O–H groups in total. The standard InChI is InChI=1S/C24H17F3N4O4/c25-24(26,27)17-3-1-2-14(29-17)23(33)31-20-19-13-10-11(4-6-15(13)35-21(19)20)34-16-8-9-28-22-12(16)5-7-18(32)30-22/h1-4,6,8-10,19-21H,5,7H2,(H,31,33)(H,28,30,32)/t19-,20+,21-/m0/s1. The van der Waals surface area contributed by atoms with Gasteiger partial charge in [0.25, 0.3) is 5.91 Å². The van der Waals surface area contributed by atoms with Crippen LogP contribution in [0.2, 0.25) is 0 Å². The van der Waals surface area contributed by atoms with E-state index in [-0.39, 0.29) is 29.7 Å². The number of carbonyl (C=O) groups is 2. The number of pyridine rings is 2. The van der Waals surface area contributed by atoms with Crippen molar-refractivity contribution in [3.05, 3.63) is 71.2 Å². The zero-order chi connectivity index (χ0) is 24.3. The van der Waals surface area contributed by atoms with Gasteiger partial charge < -0.3 is 20.1 Å². The number of alkyl halides is 3. The van der Waals surface area contributed by atoms with E-state index >= 15 is 0 Å². The Balaban J connectivity index is 1.18. The molecular weight excluding hydrogens is 465 g/mol. The van der Waals surface area contributed by atoms with Crippen LogP contribution in [0.15, 0.2) is 48.7 Å². The topological polar surface area (TPSA) is 102 Å². The number of rotatable bonds is 4. The molecule has 0 spiro atoms. The van der Waals surface area contributed by atoms with E-state index in [9.17, 15) is 22.8 Å². The quantitative estimate of drug-likeness (QED) is 0.586. The second-order valence-electron chi connectivity index (χ2n) is 8.50. The van der Waals surface area contributed by atoms with Gasteiger partial charge in [-0.05, 0) is 42.8 Å². The van der Waals surface area contributed by atoms with Gasteiger partial charge in [-0.15, -0.1) is 0 Å². The van der Waals surface area contributed by atoms with Crippen LogP contribution in [0.5, 0.6) is 17.2 Å². The van der Waals surface area contributed by atoms with Crippen LogP contribution < -0.4 is 20.1 Å². The van der Waals surface area contributed by atoms with Crippen molar-refractivity contribution >= 4 is 17.6 Å². The Morgan fingerprint density at radius 3 is 2.86 bits per heavy atom. The highest BCUT2D eigenvalue weighted by Crippen LogP contribution is 2.54. The number of ether oxygens (including phenoxy) is 2. The molecule has 1 aliphatic carbocycles. The molecule has 6 rings (SSSR count). The van der Waals surface area contributed by atoms with Crippen molar-refractivity contribution in [2.24, 2.45) is 0 Å². The third-order valence-corrected chi connectivity index (χ3v) is 6.23. The highest BCUT2D eigenvalue weighted by atomic mass is 19.4. The predicted octanol–water partition coefficient (Wildman–Crippen LogP) is 3.83. The van der Waals surface area contributed by atoms with Gasteiger partial charge in [0.2, 0.25) is 5.91 Å². The summed E-state index contributed by atoms with van der Waals surface area (Å²) in [6.07, 6.45) is -2.52. The lowest BCUT2D eigenvalue weighted by molar-refractivity contribution is -0.141. The van der Waals surface area contributed by atoms with Gasteiger partial charge in [-0.25, -0.2) is 9.97 Å². The SMILES string of the molecule is O=C1CCc2c(Oc3ccc4c(c3)[C@H]3[C@@H](NC(=O)c5cccc(C(F)(F)F)n5)[C@H]3O4)ccnc2N1. The number of fused-ring (bicyclic) bond motifs is 4. The van der Waals surface area contributed by atoms with Gasteiger partial charge in [0.1, 0.15) is 40.6 Å². The molecule has 0 saturated heterocycles. The van der Waals surface area contributed by atoms with Crippen molar-refractivity contribution in [1.82, 2.24) is 15.3 Å². The van der Waals surface area contributed by atoms with Gasteiger partial charge >= 0.3 is 6.18 Å². The highest BCUT2D eigenvalue weighted by Gasteiger charge is 2.59. The van der Waals surface area contributed by atoms with Crippen LogP contribution in [0.25, 0.3) is 0 Å². The number of hydrogen-bond donors (Lipinski definition) is 2. The Labute approximate surface area is 196 Å². The Morgan fingerprint density at radius 2 is 2.03 bits per heavy atom. The number of nitrogens with zero attached hydrogens (tertiary/aromatic N) is 2. The summed E-state index contributed by atoms with van der Waals surface area (Å²) in [4.78, 5) is 31.8. The normalized spacial score (nSPS) is 21.7. The van der Waals surface area contributed by atoms with Gasteiger partial charge in [-0.2, -0.15) is 13.2 Å². The maximum atomic E-state index is 12.9. The molecule has 11 heteroatoms. The lowest BCUT2D eigenvalue weighted by atomic mass is 10.1. The summed E-state index contributed by atoms with van der Waals surface area (Å²) in [5.74, 6) is 1.35.